The van der Waals surface area contributed by atoms with E-state index in [9.17, 15) is 5.11 Å². The molecule has 2 aliphatic rings. The lowest BCUT2D eigenvalue weighted by Gasteiger charge is -2.46. The zero-order valence-corrected chi connectivity index (χ0v) is 19.1. The molecule has 0 amide bonds. The summed E-state index contributed by atoms with van der Waals surface area (Å²) < 4.78 is 7.26. The summed E-state index contributed by atoms with van der Waals surface area (Å²) in [7, 11) is -2.50. The first-order valence-corrected chi connectivity index (χ1v) is 13.0. The number of fused-ring (bicyclic) bond motifs is 1. The Bertz CT molecular complexity index is 765. The molecule has 0 saturated carbocycles. The van der Waals surface area contributed by atoms with Crippen molar-refractivity contribution in [2.75, 3.05) is 19.8 Å². The van der Waals surface area contributed by atoms with Crippen molar-refractivity contribution < 1.29 is 9.53 Å². The van der Waals surface area contributed by atoms with Crippen molar-refractivity contribution in [3.8, 4) is 0 Å². The van der Waals surface area contributed by atoms with E-state index in [2.05, 4.69) is 86.3 Å². The lowest BCUT2D eigenvalue weighted by atomic mass is 9.95. The van der Waals surface area contributed by atoms with E-state index in [4.69, 9.17) is 4.43 Å². The minimum atomic E-state index is -2.50. The first-order valence-electron chi connectivity index (χ1n) is 11.1. The molecule has 0 bridgehead atoms. The summed E-state index contributed by atoms with van der Waals surface area (Å²) in [5, 5.41) is 12.6. The van der Waals surface area contributed by atoms with Crippen molar-refractivity contribution in [3.05, 3.63) is 60.7 Å². The third-order valence-electron chi connectivity index (χ3n) is 7.22. The van der Waals surface area contributed by atoms with Gasteiger partial charge >= 0.3 is 0 Å². The molecular formula is C25H35NO2Si. The Kier molecular flexibility index (Phi) is 5.73. The molecule has 2 aromatic rings. The van der Waals surface area contributed by atoms with Gasteiger partial charge in [-0.2, -0.15) is 0 Å². The van der Waals surface area contributed by atoms with E-state index < -0.39 is 8.32 Å². The number of aliphatic hydroxyl groups is 1. The van der Waals surface area contributed by atoms with Crippen LogP contribution in [-0.2, 0) is 4.43 Å². The van der Waals surface area contributed by atoms with Crippen LogP contribution in [0.1, 0.15) is 46.5 Å². The van der Waals surface area contributed by atoms with Crippen LogP contribution in [-0.4, -0.2) is 49.7 Å². The Hall–Kier alpha value is -1.46. The van der Waals surface area contributed by atoms with E-state index in [0.717, 1.165) is 26.0 Å². The summed E-state index contributed by atoms with van der Waals surface area (Å²) in [5.74, 6) is 0. The standard InChI is InChI=1S/C25H35NO2Si/c1-24(2,3)29(22-11-6-4-7-12-22,23-13-8-5-9-14-23)28-20-25-16-10-18-26(25)21(19-27)15-17-25/h4-9,11-14,21,27H,10,15-20H2,1-3H3/t21-,25+/m0/s1. The second-order valence-electron chi connectivity index (χ2n) is 9.85. The molecule has 0 aromatic heterocycles. The number of rotatable bonds is 6. The average Bonchev–Trinajstić information content (AvgIpc) is 3.28. The quantitative estimate of drug-likeness (QED) is 0.741. The highest BCUT2D eigenvalue weighted by molar-refractivity contribution is 6.99. The fraction of sp³-hybridized carbons (Fsp3) is 0.520. The molecule has 156 valence electrons. The van der Waals surface area contributed by atoms with Crippen LogP contribution in [0.15, 0.2) is 60.7 Å². The van der Waals surface area contributed by atoms with Gasteiger partial charge in [-0.25, -0.2) is 0 Å². The molecule has 0 radical (unpaired) electrons. The van der Waals surface area contributed by atoms with Crippen molar-refractivity contribution >= 4 is 18.7 Å². The average molecular weight is 410 g/mol. The normalized spacial score (nSPS) is 25.3. The van der Waals surface area contributed by atoms with Gasteiger partial charge in [0.05, 0.1) is 13.2 Å². The first-order chi connectivity index (χ1) is 13.9. The monoisotopic (exact) mass is 409 g/mol. The SMILES string of the molecule is CC(C)(C)[Si](OC[C@]12CCCN1[C@H](CO)CC2)(c1ccccc1)c1ccccc1. The van der Waals surface area contributed by atoms with Gasteiger partial charge in [-0.3, -0.25) is 4.90 Å². The van der Waals surface area contributed by atoms with E-state index in [1.54, 1.807) is 0 Å². The largest absolute Gasteiger partial charge is 0.406 e. The van der Waals surface area contributed by atoms with Crippen LogP contribution in [0.3, 0.4) is 0 Å². The Labute approximate surface area is 176 Å². The summed E-state index contributed by atoms with van der Waals surface area (Å²) in [6.45, 7) is 9.14. The fourth-order valence-corrected chi connectivity index (χ4v) is 10.5. The third-order valence-corrected chi connectivity index (χ3v) is 12.2. The second-order valence-corrected chi connectivity index (χ2v) is 14.2. The molecule has 0 aliphatic carbocycles. The van der Waals surface area contributed by atoms with E-state index in [1.165, 1.54) is 23.2 Å². The minimum Gasteiger partial charge on any atom is -0.406 e. The van der Waals surface area contributed by atoms with Crippen molar-refractivity contribution in [2.24, 2.45) is 0 Å². The van der Waals surface area contributed by atoms with Crippen LogP contribution in [0, 0.1) is 0 Å². The summed E-state index contributed by atoms with van der Waals surface area (Å²) >= 11 is 0. The Balaban J connectivity index is 1.76. The fourth-order valence-electron chi connectivity index (χ4n) is 5.81. The molecule has 2 aliphatic heterocycles. The molecule has 1 N–H and O–H groups in total. The van der Waals surface area contributed by atoms with E-state index >= 15 is 0 Å². The van der Waals surface area contributed by atoms with Crippen LogP contribution in [0.25, 0.3) is 0 Å². The van der Waals surface area contributed by atoms with E-state index in [1.807, 2.05) is 0 Å². The molecule has 29 heavy (non-hydrogen) atoms. The highest BCUT2D eigenvalue weighted by Gasteiger charge is 2.54. The van der Waals surface area contributed by atoms with Crippen LogP contribution in [0.2, 0.25) is 5.04 Å². The number of benzene rings is 2. The first kappa shape index (κ1) is 20.8. The van der Waals surface area contributed by atoms with E-state index in [0.29, 0.717) is 6.04 Å². The molecule has 2 aromatic carbocycles. The topological polar surface area (TPSA) is 32.7 Å². The van der Waals surface area contributed by atoms with Crippen molar-refractivity contribution in [1.82, 2.24) is 4.90 Å². The van der Waals surface area contributed by atoms with Crippen LogP contribution in [0.5, 0.6) is 0 Å². The zero-order valence-electron chi connectivity index (χ0n) is 18.1. The Morgan fingerprint density at radius 2 is 1.59 bits per heavy atom. The maximum atomic E-state index is 9.87. The predicted molar refractivity (Wildman–Crippen MR) is 122 cm³/mol. The molecule has 2 heterocycles. The van der Waals surface area contributed by atoms with Gasteiger partial charge in [-0.05, 0) is 47.6 Å². The number of hydrogen-bond donors (Lipinski definition) is 1. The van der Waals surface area contributed by atoms with E-state index in [-0.39, 0.29) is 17.2 Å². The minimum absolute atomic E-state index is 0.00473. The summed E-state index contributed by atoms with van der Waals surface area (Å²) in [5.41, 5.74) is 0.0977. The molecule has 4 heteroatoms. The van der Waals surface area contributed by atoms with Crippen molar-refractivity contribution in [1.29, 1.82) is 0 Å². The van der Waals surface area contributed by atoms with Gasteiger partial charge < -0.3 is 9.53 Å². The second kappa shape index (κ2) is 7.99. The third kappa shape index (κ3) is 3.50. The maximum Gasteiger partial charge on any atom is 0.261 e. The molecule has 3 nitrogen and oxygen atoms in total. The molecule has 0 unspecified atom stereocenters. The van der Waals surface area contributed by atoms with Crippen LogP contribution in [0.4, 0.5) is 0 Å². The predicted octanol–water partition coefficient (Wildman–Crippen LogP) is 3.55. The smallest absolute Gasteiger partial charge is 0.261 e. The highest BCUT2D eigenvalue weighted by atomic mass is 28.4. The molecule has 2 saturated heterocycles. The molecule has 0 spiro atoms. The summed E-state index contributed by atoms with van der Waals surface area (Å²) in [6, 6.07) is 22.1. The molecule has 2 fully saturated rings. The number of hydrogen-bond acceptors (Lipinski definition) is 3. The zero-order chi connectivity index (χ0) is 20.5. The van der Waals surface area contributed by atoms with Crippen LogP contribution >= 0.6 is 0 Å². The van der Waals surface area contributed by atoms with Crippen molar-refractivity contribution in [2.45, 2.75) is 63.1 Å². The van der Waals surface area contributed by atoms with Gasteiger partial charge in [0.15, 0.2) is 0 Å². The van der Waals surface area contributed by atoms with Crippen LogP contribution < -0.4 is 10.4 Å². The molecule has 2 atom stereocenters. The summed E-state index contributed by atoms with van der Waals surface area (Å²) in [4.78, 5) is 2.56. The lowest BCUT2D eigenvalue weighted by molar-refractivity contribution is 0.0642. The van der Waals surface area contributed by atoms with Gasteiger partial charge in [0.1, 0.15) is 0 Å². The van der Waals surface area contributed by atoms with Crippen molar-refractivity contribution in [3.63, 3.8) is 0 Å². The highest BCUT2D eigenvalue weighted by Crippen LogP contribution is 2.44. The van der Waals surface area contributed by atoms with Gasteiger partial charge in [-0.1, -0.05) is 81.4 Å². The van der Waals surface area contributed by atoms with Gasteiger partial charge in [-0.15, -0.1) is 0 Å². The van der Waals surface area contributed by atoms with Gasteiger partial charge in [0.2, 0.25) is 0 Å². The molecular weight excluding hydrogens is 374 g/mol. The summed E-state index contributed by atoms with van der Waals surface area (Å²) in [6.07, 6.45) is 4.61. The Morgan fingerprint density at radius 3 is 2.10 bits per heavy atom. The number of nitrogens with zero attached hydrogens (tertiary/aromatic N) is 1. The van der Waals surface area contributed by atoms with Gasteiger partial charge in [0, 0.05) is 11.6 Å². The van der Waals surface area contributed by atoms with Gasteiger partial charge in [0.25, 0.3) is 8.32 Å². The molecule has 4 rings (SSSR count). The lowest BCUT2D eigenvalue weighted by Crippen LogP contribution is -2.68. The Morgan fingerprint density at radius 1 is 1.00 bits per heavy atom. The number of aliphatic hydroxyl groups excluding tert-OH is 1. The maximum absolute atomic E-state index is 9.87.